The Labute approximate surface area is 182 Å². The Kier molecular flexibility index (Phi) is 5.07. The van der Waals surface area contributed by atoms with Crippen LogP contribution in [0.15, 0.2) is 24.3 Å². The van der Waals surface area contributed by atoms with E-state index < -0.39 is 0 Å². The molecule has 2 N–H and O–H groups in total. The van der Waals surface area contributed by atoms with Crippen LogP contribution < -0.4 is 10.6 Å². The molecule has 5 rings (SSSR count). The van der Waals surface area contributed by atoms with Crippen LogP contribution in [0.5, 0.6) is 0 Å². The van der Waals surface area contributed by atoms with E-state index >= 15 is 0 Å². The number of hydrogen-bond donors (Lipinski definition) is 1. The van der Waals surface area contributed by atoms with Gasteiger partial charge in [-0.2, -0.15) is 4.98 Å². The van der Waals surface area contributed by atoms with Crippen LogP contribution in [-0.4, -0.2) is 45.9 Å². The smallest absolute Gasteiger partial charge is 0.223 e. The molecular formula is C24H30FN5O. The van der Waals surface area contributed by atoms with Crippen LogP contribution in [0.1, 0.15) is 42.5 Å². The van der Waals surface area contributed by atoms with Crippen LogP contribution in [0, 0.1) is 31.5 Å². The number of rotatable bonds is 3. The Morgan fingerprint density at radius 2 is 2.00 bits per heavy atom. The summed E-state index contributed by atoms with van der Waals surface area (Å²) < 4.78 is 13.9. The van der Waals surface area contributed by atoms with E-state index in [1.165, 1.54) is 6.07 Å². The Morgan fingerprint density at radius 1 is 1.19 bits per heavy atom. The van der Waals surface area contributed by atoms with Crippen LogP contribution in [-0.2, 0) is 11.2 Å². The minimum Gasteiger partial charge on any atom is -0.368 e. The van der Waals surface area contributed by atoms with Crippen LogP contribution in [0.25, 0.3) is 0 Å². The summed E-state index contributed by atoms with van der Waals surface area (Å²) in [6, 6.07) is 7.14. The number of carbonyl (C=O) groups is 1. The number of aromatic nitrogens is 2. The molecule has 1 aromatic heterocycles. The molecule has 1 aromatic carbocycles. The fourth-order valence-electron chi connectivity index (χ4n) is 6.06. The first-order valence-corrected chi connectivity index (χ1v) is 11.3. The number of nitrogens with zero attached hydrogens (tertiary/aromatic N) is 4. The van der Waals surface area contributed by atoms with Gasteiger partial charge < -0.3 is 15.5 Å². The van der Waals surface area contributed by atoms with Gasteiger partial charge in [0, 0.05) is 42.9 Å². The molecule has 4 atom stereocenters. The third-order valence-electron chi connectivity index (χ3n) is 7.51. The number of nitrogens with two attached hydrogens (primary N) is 1. The van der Waals surface area contributed by atoms with Gasteiger partial charge in [-0.25, -0.2) is 9.37 Å². The summed E-state index contributed by atoms with van der Waals surface area (Å²) >= 11 is 0. The van der Waals surface area contributed by atoms with Crippen molar-refractivity contribution in [3.8, 4) is 0 Å². The van der Waals surface area contributed by atoms with Crippen molar-refractivity contribution in [1.29, 1.82) is 0 Å². The highest BCUT2D eigenvalue weighted by atomic mass is 19.1. The van der Waals surface area contributed by atoms with Gasteiger partial charge in [0.2, 0.25) is 11.9 Å². The van der Waals surface area contributed by atoms with Crippen molar-refractivity contribution >= 4 is 17.7 Å². The van der Waals surface area contributed by atoms with E-state index in [2.05, 4.69) is 26.7 Å². The van der Waals surface area contributed by atoms with E-state index in [4.69, 9.17) is 5.73 Å². The molecule has 1 amide bonds. The van der Waals surface area contributed by atoms with E-state index in [9.17, 15) is 9.18 Å². The summed E-state index contributed by atoms with van der Waals surface area (Å²) in [5.41, 5.74) is 8.91. The first-order chi connectivity index (χ1) is 14.9. The monoisotopic (exact) mass is 423 g/mol. The van der Waals surface area contributed by atoms with Gasteiger partial charge >= 0.3 is 0 Å². The fraction of sp³-hybridized carbons (Fsp3) is 0.542. The molecule has 0 saturated carbocycles. The molecule has 0 radical (unpaired) electrons. The number of fused-ring (bicyclic) bond motifs is 4. The predicted octanol–water partition coefficient (Wildman–Crippen LogP) is 3.26. The molecule has 2 bridgehead atoms. The minimum absolute atomic E-state index is 0.0826. The first kappa shape index (κ1) is 20.2. The number of carbonyl (C=O) groups excluding carboxylic acids is 1. The topological polar surface area (TPSA) is 75.3 Å². The number of hydrogen-bond acceptors (Lipinski definition) is 5. The second-order valence-electron chi connectivity index (χ2n) is 9.44. The summed E-state index contributed by atoms with van der Waals surface area (Å²) in [7, 11) is 0. The van der Waals surface area contributed by atoms with E-state index in [0.29, 0.717) is 30.6 Å². The zero-order chi connectivity index (χ0) is 21.7. The lowest BCUT2D eigenvalue weighted by Crippen LogP contribution is -2.65. The van der Waals surface area contributed by atoms with Crippen molar-refractivity contribution in [2.75, 3.05) is 23.7 Å². The van der Waals surface area contributed by atoms with E-state index in [-0.39, 0.29) is 23.8 Å². The van der Waals surface area contributed by atoms with Crippen LogP contribution >= 0.6 is 0 Å². The van der Waals surface area contributed by atoms with Crippen LogP contribution in [0.2, 0.25) is 0 Å². The number of aryl methyl sites for hydroxylation is 1. The average molecular weight is 424 g/mol. The second-order valence-corrected chi connectivity index (χ2v) is 9.44. The average Bonchev–Trinajstić information content (AvgIpc) is 2.74. The molecule has 3 saturated heterocycles. The molecule has 0 aliphatic carbocycles. The van der Waals surface area contributed by atoms with Gasteiger partial charge in [0.25, 0.3) is 0 Å². The SMILES string of the molecule is Cc1nc(N)nc(N2C[C@H]3C[C@@H](C2)[C@H](Cc2cccc(F)c2)N2C(=O)CCC[C@@H]32)c1C. The number of piperidine rings is 3. The molecular weight excluding hydrogens is 393 g/mol. The summed E-state index contributed by atoms with van der Waals surface area (Å²) in [5.74, 6) is 2.00. The van der Waals surface area contributed by atoms with Gasteiger partial charge in [-0.15, -0.1) is 0 Å². The Hall–Kier alpha value is -2.70. The molecule has 6 nitrogen and oxygen atoms in total. The van der Waals surface area contributed by atoms with Gasteiger partial charge in [-0.1, -0.05) is 12.1 Å². The molecule has 3 fully saturated rings. The number of amides is 1. The van der Waals surface area contributed by atoms with E-state index in [1.54, 1.807) is 12.1 Å². The Bertz CT molecular complexity index is 1010. The zero-order valence-electron chi connectivity index (χ0n) is 18.2. The van der Waals surface area contributed by atoms with Crippen molar-refractivity contribution in [3.63, 3.8) is 0 Å². The predicted molar refractivity (Wildman–Crippen MR) is 118 cm³/mol. The summed E-state index contributed by atoms with van der Waals surface area (Å²) in [6.07, 6.45) is 4.41. The molecule has 0 spiro atoms. The van der Waals surface area contributed by atoms with Crippen LogP contribution in [0.4, 0.5) is 16.2 Å². The molecule has 0 unspecified atom stereocenters. The van der Waals surface area contributed by atoms with Crippen molar-refractivity contribution in [2.24, 2.45) is 11.8 Å². The van der Waals surface area contributed by atoms with Crippen molar-refractivity contribution in [3.05, 3.63) is 46.9 Å². The zero-order valence-corrected chi connectivity index (χ0v) is 18.2. The molecule has 3 aliphatic rings. The normalized spacial score (nSPS) is 27.9. The second kappa shape index (κ2) is 7.77. The van der Waals surface area contributed by atoms with Gasteiger partial charge in [0.1, 0.15) is 11.6 Å². The maximum atomic E-state index is 13.9. The van der Waals surface area contributed by atoms with E-state index in [0.717, 1.165) is 55.0 Å². The number of halogens is 1. The van der Waals surface area contributed by atoms with Gasteiger partial charge in [-0.05, 0) is 69.1 Å². The molecule has 4 heterocycles. The summed E-state index contributed by atoms with van der Waals surface area (Å²) in [4.78, 5) is 26.4. The third kappa shape index (κ3) is 3.64. The molecule has 31 heavy (non-hydrogen) atoms. The molecule has 7 heteroatoms. The van der Waals surface area contributed by atoms with Gasteiger partial charge in [0.15, 0.2) is 0 Å². The van der Waals surface area contributed by atoms with Crippen molar-refractivity contribution < 1.29 is 9.18 Å². The highest BCUT2D eigenvalue weighted by Gasteiger charge is 2.49. The number of anilines is 2. The first-order valence-electron chi connectivity index (χ1n) is 11.3. The van der Waals surface area contributed by atoms with Crippen molar-refractivity contribution in [2.45, 2.75) is 58.0 Å². The summed E-state index contributed by atoms with van der Waals surface area (Å²) in [5, 5.41) is 0. The van der Waals surface area contributed by atoms with Gasteiger partial charge in [0.05, 0.1) is 0 Å². The maximum absolute atomic E-state index is 13.9. The molecule has 2 aromatic rings. The Balaban J connectivity index is 1.50. The molecule has 164 valence electrons. The van der Waals surface area contributed by atoms with Crippen molar-refractivity contribution in [1.82, 2.24) is 14.9 Å². The highest BCUT2D eigenvalue weighted by Crippen LogP contribution is 2.43. The van der Waals surface area contributed by atoms with Gasteiger partial charge in [-0.3, -0.25) is 4.79 Å². The number of benzene rings is 1. The minimum atomic E-state index is -0.222. The number of nitrogen functional groups attached to an aromatic ring is 1. The summed E-state index contributed by atoms with van der Waals surface area (Å²) in [6.45, 7) is 5.73. The lowest BCUT2D eigenvalue weighted by molar-refractivity contribution is -0.148. The quantitative estimate of drug-likeness (QED) is 0.820. The maximum Gasteiger partial charge on any atom is 0.223 e. The highest BCUT2D eigenvalue weighted by molar-refractivity contribution is 5.78. The Morgan fingerprint density at radius 3 is 2.81 bits per heavy atom. The lowest BCUT2D eigenvalue weighted by Gasteiger charge is -2.57. The van der Waals surface area contributed by atoms with E-state index in [1.807, 2.05) is 13.0 Å². The standard InChI is InChI=1S/C24H30FN5O/c1-14-15(2)27-24(26)28-23(14)29-12-17-11-18(13-29)21(10-16-5-3-6-19(25)9-16)30-20(17)7-4-8-22(30)31/h3,5-6,9,17-18,20-21H,4,7-8,10-13H2,1-2H3,(H2,26,27,28)/t17-,18+,20+,21+/m1/s1. The van der Waals surface area contributed by atoms with Crippen LogP contribution in [0.3, 0.4) is 0 Å². The molecule has 3 aliphatic heterocycles. The lowest BCUT2D eigenvalue weighted by atomic mass is 9.70. The fourth-order valence-corrected chi connectivity index (χ4v) is 6.06. The third-order valence-corrected chi connectivity index (χ3v) is 7.51. The largest absolute Gasteiger partial charge is 0.368 e.